The second-order valence-corrected chi connectivity index (χ2v) is 8.41. The van der Waals surface area contributed by atoms with Gasteiger partial charge in [-0.05, 0) is 74.7 Å². The Balaban J connectivity index is 1.60. The van der Waals surface area contributed by atoms with Gasteiger partial charge in [-0.15, -0.1) is 11.3 Å². The van der Waals surface area contributed by atoms with Crippen molar-refractivity contribution in [3.8, 4) is 11.8 Å². The molecule has 3 rings (SSSR count). The van der Waals surface area contributed by atoms with Crippen LogP contribution < -0.4 is 10.1 Å². The number of esters is 1. The lowest BCUT2D eigenvalue weighted by Crippen LogP contribution is -2.27. The number of hydrogen-bond donors (Lipinski definition) is 1. The van der Waals surface area contributed by atoms with E-state index in [1.807, 2.05) is 6.07 Å². The zero-order valence-corrected chi connectivity index (χ0v) is 17.1. The fraction of sp³-hybridized carbons (Fsp3) is 0.227. The number of carbonyl (C=O) groups excluding carboxylic acids is 2. The molecule has 1 heterocycles. The van der Waals surface area contributed by atoms with E-state index in [-0.39, 0.29) is 12.5 Å². The van der Waals surface area contributed by atoms with Crippen LogP contribution in [0.3, 0.4) is 0 Å². The Kier molecular flexibility index (Phi) is 5.85. The van der Waals surface area contributed by atoms with Gasteiger partial charge in [0.25, 0.3) is 5.91 Å². The number of carbonyl (C=O) groups is 2. The van der Waals surface area contributed by atoms with Crippen molar-refractivity contribution < 1.29 is 19.1 Å². The van der Waals surface area contributed by atoms with Crippen LogP contribution in [0.1, 0.15) is 36.0 Å². The number of anilines is 1. The third-order valence-corrected chi connectivity index (χ3v) is 4.87. The molecule has 0 spiro atoms. The van der Waals surface area contributed by atoms with Gasteiger partial charge in [0.05, 0.1) is 16.5 Å². The van der Waals surface area contributed by atoms with Crippen LogP contribution >= 0.6 is 11.3 Å². The monoisotopic (exact) mass is 408 g/mol. The van der Waals surface area contributed by atoms with Crippen LogP contribution in [0.25, 0.3) is 10.1 Å². The number of thiophene rings is 1. The smallest absolute Gasteiger partial charge is 0.344 e. The van der Waals surface area contributed by atoms with Crippen molar-refractivity contribution >= 4 is 39.0 Å². The van der Waals surface area contributed by atoms with E-state index >= 15 is 0 Å². The molecule has 0 aliphatic heterocycles. The van der Waals surface area contributed by atoms with E-state index in [2.05, 4.69) is 11.4 Å². The fourth-order valence-corrected chi connectivity index (χ4v) is 3.50. The molecule has 0 radical (unpaired) electrons. The van der Waals surface area contributed by atoms with Gasteiger partial charge >= 0.3 is 5.97 Å². The minimum Gasteiger partial charge on any atom is -0.482 e. The number of nitrogens with one attached hydrogen (secondary N) is 1. The first-order valence-electron chi connectivity index (χ1n) is 8.93. The molecule has 0 aliphatic rings. The molecule has 3 aromatic rings. The van der Waals surface area contributed by atoms with Gasteiger partial charge in [-0.3, -0.25) is 4.79 Å². The van der Waals surface area contributed by atoms with Crippen molar-refractivity contribution in [3.63, 3.8) is 0 Å². The van der Waals surface area contributed by atoms with Gasteiger partial charge in [0.1, 0.15) is 11.4 Å². The first kappa shape index (κ1) is 20.4. The van der Waals surface area contributed by atoms with Crippen molar-refractivity contribution in [2.75, 3.05) is 11.9 Å². The van der Waals surface area contributed by atoms with Gasteiger partial charge in [-0.1, -0.05) is 0 Å². The van der Waals surface area contributed by atoms with Crippen molar-refractivity contribution in [2.24, 2.45) is 0 Å². The minimum absolute atomic E-state index is 0.185. The zero-order chi connectivity index (χ0) is 21.0. The summed E-state index contributed by atoms with van der Waals surface area (Å²) < 4.78 is 11.5. The molecule has 1 amide bonds. The normalized spacial score (nSPS) is 11.0. The van der Waals surface area contributed by atoms with E-state index in [1.54, 1.807) is 63.2 Å². The molecule has 0 atom stereocenters. The molecule has 0 saturated heterocycles. The van der Waals surface area contributed by atoms with Crippen LogP contribution in [-0.2, 0) is 9.53 Å². The van der Waals surface area contributed by atoms with Gasteiger partial charge in [-0.25, -0.2) is 4.79 Å². The first-order chi connectivity index (χ1) is 13.7. The van der Waals surface area contributed by atoms with Crippen LogP contribution in [-0.4, -0.2) is 24.1 Å². The van der Waals surface area contributed by atoms with Crippen molar-refractivity contribution in [3.05, 3.63) is 59.0 Å². The lowest BCUT2D eigenvalue weighted by atomic mass is 10.2. The second-order valence-electron chi connectivity index (χ2n) is 7.33. The average molecular weight is 408 g/mol. The Morgan fingerprint density at radius 3 is 2.48 bits per heavy atom. The Hall–Kier alpha value is -3.37. The van der Waals surface area contributed by atoms with Crippen molar-refractivity contribution in [1.29, 1.82) is 5.26 Å². The number of amides is 1. The van der Waals surface area contributed by atoms with Gasteiger partial charge in [0.2, 0.25) is 0 Å². The molecule has 1 aromatic heterocycles. The third kappa shape index (κ3) is 5.56. The van der Waals surface area contributed by atoms with Crippen LogP contribution in [0, 0.1) is 11.3 Å². The minimum atomic E-state index is -0.558. The number of rotatable bonds is 5. The van der Waals surface area contributed by atoms with E-state index in [0.717, 1.165) is 10.1 Å². The molecule has 0 fully saturated rings. The maximum Gasteiger partial charge on any atom is 0.344 e. The van der Waals surface area contributed by atoms with Crippen LogP contribution in [0.4, 0.5) is 5.69 Å². The van der Waals surface area contributed by atoms with E-state index in [9.17, 15) is 9.59 Å². The van der Waals surface area contributed by atoms with E-state index in [0.29, 0.717) is 21.9 Å². The highest BCUT2D eigenvalue weighted by Crippen LogP contribution is 2.27. The largest absolute Gasteiger partial charge is 0.482 e. The molecular formula is C22H20N2O4S. The third-order valence-electron chi connectivity index (χ3n) is 3.76. The summed E-state index contributed by atoms with van der Waals surface area (Å²) in [6.07, 6.45) is 0. The van der Waals surface area contributed by atoms with Gasteiger partial charge in [-0.2, -0.15) is 5.26 Å². The highest BCUT2D eigenvalue weighted by Gasteiger charge is 2.16. The molecule has 0 aliphatic carbocycles. The number of ether oxygens (including phenoxy) is 2. The Morgan fingerprint density at radius 2 is 1.83 bits per heavy atom. The van der Waals surface area contributed by atoms with E-state index < -0.39 is 11.6 Å². The summed E-state index contributed by atoms with van der Waals surface area (Å²) >= 11 is 1.37. The fourth-order valence-electron chi connectivity index (χ4n) is 2.57. The maximum absolute atomic E-state index is 12.5. The lowest BCUT2D eigenvalue weighted by Gasteiger charge is -2.19. The molecular weight excluding hydrogens is 388 g/mol. The van der Waals surface area contributed by atoms with Crippen molar-refractivity contribution in [2.45, 2.75) is 26.4 Å². The second kappa shape index (κ2) is 8.33. The number of nitrogens with zero attached hydrogens (tertiary/aromatic N) is 1. The summed E-state index contributed by atoms with van der Waals surface area (Å²) in [5.41, 5.74) is 0.608. The quantitative estimate of drug-likeness (QED) is 0.616. The first-order valence-corrected chi connectivity index (χ1v) is 9.75. The molecule has 1 N–H and O–H groups in total. The van der Waals surface area contributed by atoms with E-state index in [4.69, 9.17) is 14.7 Å². The number of fused-ring (bicyclic) bond motifs is 1. The van der Waals surface area contributed by atoms with Crippen LogP contribution in [0.15, 0.2) is 48.5 Å². The van der Waals surface area contributed by atoms with Crippen LogP contribution in [0.2, 0.25) is 0 Å². The zero-order valence-electron chi connectivity index (χ0n) is 16.3. The predicted octanol–water partition coefficient (Wildman–Crippen LogP) is 4.75. The molecule has 0 saturated carbocycles. The molecule has 2 aromatic carbocycles. The summed E-state index contributed by atoms with van der Waals surface area (Å²) in [6.45, 7) is 5.19. The van der Waals surface area contributed by atoms with Gasteiger partial charge in [0.15, 0.2) is 6.61 Å². The number of nitriles is 1. The van der Waals surface area contributed by atoms with Gasteiger partial charge in [0, 0.05) is 10.4 Å². The Labute approximate surface area is 172 Å². The standard InChI is InChI=1S/C22H20N2O4S/c1-22(2,3)28-20(25)13-27-17-7-5-16(6-8-17)24-21(26)19-11-15-10-14(12-23)4-9-18(15)29-19/h4-11H,13H2,1-3H3,(H,24,26). The maximum atomic E-state index is 12.5. The molecule has 7 heteroatoms. The van der Waals surface area contributed by atoms with Crippen LogP contribution in [0.5, 0.6) is 5.75 Å². The molecule has 29 heavy (non-hydrogen) atoms. The summed E-state index contributed by atoms with van der Waals surface area (Å²) in [5.74, 6) is -0.175. The average Bonchev–Trinajstić information content (AvgIpc) is 3.09. The summed E-state index contributed by atoms with van der Waals surface area (Å²) in [6, 6.07) is 15.9. The Morgan fingerprint density at radius 1 is 1.10 bits per heavy atom. The highest BCUT2D eigenvalue weighted by atomic mass is 32.1. The summed E-state index contributed by atoms with van der Waals surface area (Å²) in [7, 11) is 0. The molecule has 0 bridgehead atoms. The topological polar surface area (TPSA) is 88.4 Å². The van der Waals surface area contributed by atoms with Crippen molar-refractivity contribution in [1.82, 2.24) is 0 Å². The van der Waals surface area contributed by atoms with Gasteiger partial charge < -0.3 is 14.8 Å². The lowest BCUT2D eigenvalue weighted by molar-refractivity contribution is -0.157. The summed E-state index contributed by atoms with van der Waals surface area (Å²) in [5, 5.41) is 12.7. The SMILES string of the molecule is CC(C)(C)OC(=O)COc1ccc(NC(=O)c2cc3cc(C#N)ccc3s2)cc1. The molecule has 6 nitrogen and oxygen atoms in total. The Bertz CT molecular complexity index is 1090. The van der Waals surface area contributed by atoms with E-state index in [1.165, 1.54) is 11.3 Å². The number of benzene rings is 2. The highest BCUT2D eigenvalue weighted by molar-refractivity contribution is 7.20. The molecule has 148 valence electrons. The molecule has 0 unspecified atom stereocenters. The summed E-state index contributed by atoms with van der Waals surface area (Å²) in [4.78, 5) is 24.8. The number of hydrogen-bond acceptors (Lipinski definition) is 6. The predicted molar refractivity (Wildman–Crippen MR) is 112 cm³/mol.